The predicted molar refractivity (Wildman–Crippen MR) is 184 cm³/mol. The topological polar surface area (TPSA) is 154 Å². The second kappa shape index (κ2) is 12.7. The summed E-state index contributed by atoms with van der Waals surface area (Å²) >= 11 is 18.2. The number of aromatic nitrogens is 2. The first-order chi connectivity index (χ1) is 22.1. The third-order valence-corrected chi connectivity index (χ3v) is 7.98. The van der Waals surface area contributed by atoms with Gasteiger partial charge in [-0.1, -0.05) is 34.8 Å². The first-order valence-corrected chi connectivity index (χ1v) is 14.8. The molecule has 4 aromatic carbocycles. The summed E-state index contributed by atoms with van der Waals surface area (Å²) in [5, 5.41) is 33.2. The van der Waals surface area contributed by atoms with Gasteiger partial charge in [-0.15, -0.1) is 0 Å². The van der Waals surface area contributed by atoms with Crippen LogP contribution in [0.5, 0.6) is 23.3 Å². The number of rotatable bonds is 5. The summed E-state index contributed by atoms with van der Waals surface area (Å²) in [5.74, 6) is 1.07. The Kier molecular flexibility index (Phi) is 8.50. The third kappa shape index (κ3) is 6.05. The zero-order valence-electron chi connectivity index (χ0n) is 24.3. The highest BCUT2D eigenvalue weighted by molar-refractivity contribution is 6.32. The number of methoxy groups -OCH3 is 2. The Morgan fingerprint density at radius 3 is 2.09 bits per heavy atom. The number of anilines is 1. The van der Waals surface area contributed by atoms with Gasteiger partial charge in [0, 0.05) is 66.7 Å². The number of ether oxygens (including phenoxy) is 2. The highest BCUT2D eigenvalue weighted by Crippen LogP contribution is 2.38. The molecule has 6 aromatic rings. The van der Waals surface area contributed by atoms with Gasteiger partial charge in [-0.05, 0) is 59.8 Å². The Morgan fingerprint density at radius 2 is 1.43 bits per heavy atom. The van der Waals surface area contributed by atoms with E-state index in [4.69, 9.17) is 50.0 Å². The number of aromatic hydroxyl groups is 2. The molecule has 6 N–H and O–H groups in total. The van der Waals surface area contributed by atoms with E-state index in [0.29, 0.717) is 49.1 Å². The molecule has 0 spiro atoms. The van der Waals surface area contributed by atoms with Gasteiger partial charge < -0.3 is 35.4 Å². The molecule has 0 radical (unpaired) electrons. The van der Waals surface area contributed by atoms with Crippen molar-refractivity contribution < 1.29 is 19.7 Å². The number of aromatic amines is 2. The van der Waals surface area contributed by atoms with Crippen molar-refractivity contribution in [1.29, 1.82) is 0 Å². The maximum Gasteiger partial charge on any atom is 0.198 e. The fourth-order valence-corrected chi connectivity index (χ4v) is 5.60. The number of H-pyrrole nitrogens is 2. The van der Waals surface area contributed by atoms with Crippen LogP contribution in [0.4, 0.5) is 17.1 Å². The predicted octanol–water partition coefficient (Wildman–Crippen LogP) is 7.72. The number of nitrogens with zero attached hydrogens (tertiary/aromatic N) is 3. The van der Waals surface area contributed by atoms with Crippen LogP contribution in [-0.2, 0) is 0 Å². The number of azo groups is 1. The molecule has 2 aromatic heterocycles. The van der Waals surface area contributed by atoms with E-state index in [1.54, 1.807) is 48.7 Å². The number of benzene rings is 4. The fourth-order valence-electron chi connectivity index (χ4n) is 5.03. The van der Waals surface area contributed by atoms with Gasteiger partial charge in [0.25, 0.3) is 0 Å². The number of nitrogens with two attached hydrogens (primary N) is 1. The summed E-state index contributed by atoms with van der Waals surface area (Å²) in [6.07, 6.45) is 5.07. The van der Waals surface area contributed by atoms with Crippen molar-refractivity contribution in [2.24, 2.45) is 15.2 Å². The molecule has 0 saturated heterocycles. The standard InChI is InChI=1S/C17H14Cl2N2O3.C16H11ClN4O/c1-23-15-7-14(16(24-2)6-12(15)19)20-8-11-10-5-9(18)3-4-13(10)21-17(11)22;17-9-1-2-14-11(5-9)12(16(22)20-14)4-8-3-10(18)6-15-13(8)7-19-21-15/h3-8,21-22H,1-2H3;1-7,20,22H,18H2. The van der Waals surface area contributed by atoms with Crippen molar-refractivity contribution in [1.82, 2.24) is 9.97 Å². The Labute approximate surface area is 276 Å². The lowest BCUT2D eigenvalue weighted by molar-refractivity contribution is 0.404. The van der Waals surface area contributed by atoms with Gasteiger partial charge in [0.05, 0.1) is 36.7 Å². The van der Waals surface area contributed by atoms with Crippen molar-refractivity contribution in [3.63, 3.8) is 0 Å². The molecule has 0 unspecified atom stereocenters. The van der Waals surface area contributed by atoms with Crippen LogP contribution >= 0.6 is 34.8 Å². The Morgan fingerprint density at radius 1 is 0.804 bits per heavy atom. The molecule has 13 heteroatoms. The zero-order valence-corrected chi connectivity index (χ0v) is 26.5. The number of fused-ring (bicyclic) bond motifs is 3. The van der Waals surface area contributed by atoms with Gasteiger partial charge >= 0.3 is 0 Å². The van der Waals surface area contributed by atoms with Crippen LogP contribution in [0.2, 0.25) is 15.1 Å². The van der Waals surface area contributed by atoms with E-state index in [1.165, 1.54) is 20.4 Å². The first-order valence-electron chi connectivity index (χ1n) is 13.6. The van der Waals surface area contributed by atoms with E-state index in [1.807, 2.05) is 24.3 Å². The van der Waals surface area contributed by atoms with Gasteiger partial charge in [-0.25, -0.2) is 0 Å². The van der Waals surface area contributed by atoms with Crippen molar-refractivity contribution in [2.45, 2.75) is 0 Å². The highest BCUT2D eigenvalue weighted by atomic mass is 35.5. The maximum absolute atomic E-state index is 10.2. The molecular formula is C33H25Cl3N6O4. The van der Waals surface area contributed by atoms with Crippen LogP contribution in [-0.4, -0.2) is 40.6 Å². The van der Waals surface area contributed by atoms with Crippen LogP contribution < -0.4 is 25.6 Å². The molecule has 3 heterocycles. The van der Waals surface area contributed by atoms with Gasteiger partial charge in [0.2, 0.25) is 0 Å². The van der Waals surface area contributed by atoms with Crippen molar-refractivity contribution in [2.75, 3.05) is 20.0 Å². The minimum absolute atomic E-state index is 0.0101. The average molecular weight is 676 g/mol. The maximum atomic E-state index is 10.2. The molecule has 10 nitrogen and oxygen atoms in total. The highest BCUT2D eigenvalue weighted by Gasteiger charge is 2.13. The lowest BCUT2D eigenvalue weighted by Gasteiger charge is -2.08. The summed E-state index contributed by atoms with van der Waals surface area (Å²) in [6.45, 7) is 0. The molecule has 0 aliphatic carbocycles. The van der Waals surface area contributed by atoms with E-state index in [2.05, 4.69) is 25.2 Å². The summed E-state index contributed by atoms with van der Waals surface area (Å²) < 4.78 is 10.5. The molecule has 46 heavy (non-hydrogen) atoms. The van der Waals surface area contributed by atoms with Crippen LogP contribution in [0.3, 0.4) is 0 Å². The monoisotopic (exact) mass is 674 g/mol. The molecule has 0 fully saturated rings. The van der Waals surface area contributed by atoms with Crippen molar-refractivity contribution >= 4 is 92.2 Å². The molecule has 1 aliphatic heterocycles. The van der Waals surface area contributed by atoms with Gasteiger partial charge in [0.1, 0.15) is 17.2 Å². The number of nitrogens with one attached hydrogen (secondary N) is 2. The Bertz CT molecular complexity index is 2330. The number of halogens is 3. The summed E-state index contributed by atoms with van der Waals surface area (Å²) in [6, 6.07) is 17.6. The van der Waals surface area contributed by atoms with Gasteiger partial charge in [0.15, 0.2) is 11.8 Å². The smallest absolute Gasteiger partial charge is 0.198 e. The minimum atomic E-state index is 0.0101. The van der Waals surface area contributed by atoms with Crippen LogP contribution in [0.15, 0.2) is 75.9 Å². The second-order valence-electron chi connectivity index (χ2n) is 10.1. The lowest BCUT2D eigenvalue weighted by Crippen LogP contribution is -2.24. The van der Waals surface area contributed by atoms with E-state index >= 15 is 0 Å². The van der Waals surface area contributed by atoms with Crippen LogP contribution in [0.25, 0.3) is 34.1 Å². The van der Waals surface area contributed by atoms with E-state index in [0.717, 1.165) is 37.9 Å². The minimum Gasteiger partial charge on any atom is -0.495 e. The molecule has 1 aliphatic rings. The summed E-state index contributed by atoms with van der Waals surface area (Å²) in [4.78, 5) is 10.2. The number of aliphatic imine (C=N–C) groups is 1. The molecule has 0 amide bonds. The van der Waals surface area contributed by atoms with Crippen molar-refractivity contribution in [3.8, 4) is 23.3 Å². The number of hydrogen-bond donors (Lipinski definition) is 5. The van der Waals surface area contributed by atoms with Crippen LogP contribution in [0, 0.1) is 0 Å². The number of hydrogen-bond acceptors (Lipinski definition) is 8. The quantitative estimate of drug-likeness (QED) is 0.0935. The van der Waals surface area contributed by atoms with E-state index in [-0.39, 0.29) is 11.8 Å². The number of nitrogen functional groups attached to an aromatic ring is 1. The van der Waals surface area contributed by atoms with Gasteiger partial charge in [-0.3, -0.25) is 4.99 Å². The molecule has 0 atom stereocenters. The Balaban J connectivity index is 0.000000162. The molecule has 0 saturated carbocycles. The average Bonchev–Trinajstić information content (AvgIpc) is 3.71. The SMILES string of the molecule is COc1cc(N=Cc2c(O)[nH]c3ccc(Cl)cc23)c(OC)cc1Cl.Nc1cc2c(c(=Cc3c(O)[nH]c4ccc(Cl)cc34)c1)=CN=N2. The molecule has 0 bridgehead atoms. The zero-order chi connectivity index (χ0) is 32.5. The summed E-state index contributed by atoms with van der Waals surface area (Å²) in [5.41, 5.74) is 10.5. The lowest BCUT2D eigenvalue weighted by atomic mass is 10.1. The molecule has 232 valence electrons. The second-order valence-corrected chi connectivity index (χ2v) is 11.4. The molecular weight excluding hydrogens is 651 g/mol. The normalized spacial score (nSPS) is 12.4. The molecule has 7 rings (SSSR count). The largest absolute Gasteiger partial charge is 0.495 e. The van der Waals surface area contributed by atoms with Crippen LogP contribution in [0.1, 0.15) is 11.1 Å². The van der Waals surface area contributed by atoms with E-state index < -0.39 is 0 Å². The third-order valence-electron chi connectivity index (χ3n) is 7.21. The van der Waals surface area contributed by atoms with Crippen molar-refractivity contribution in [3.05, 3.63) is 97.3 Å². The van der Waals surface area contributed by atoms with Gasteiger partial charge in [-0.2, -0.15) is 10.2 Å². The summed E-state index contributed by atoms with van der Waals surface area (Å²) in [7, 11) is 3.05. The Hall–Kier alpha value is -5.16. The fraction of sp³-hybridized carbons (Fsp3) is 0.0606. The first kappa shape index (κ1) is 30.8. The van der Waals surface area contributed by atoms with E-state index in [9.17, 15) is 10.2 Å².